The Kier molecular flexibility index (Phi) is 5.45. The molecule has 3 aliphatic rings. The topological polar surface area (TPSA) is 96.0 Å². The number of esters is 1. The number of aryl methyl sites for hydroxylation is 1. The zero-order valence-corrected chi connectivity index (χ0v) is 19.5. The number of carbonyl (C=O) groups is 4. The molecule has 3 heterocycles. The molecule has 0 aliphatic carbocycles. The van der Waals surface area contributed by atoms with Gasteiger partial charge >= 0.3 is 5.97 Å². The number of amides is 3. The molecule has 5 rings (SSSR count). The first-order chi connectivity index (χ1) is 16.3. The van der Waals surface area contributed by atoms with Gasteiger partial charge in [0.2, 0.25) is 17.7 Å². The third-order valence-electron chi connectivity index (χ3n) is 7.23. The number of fused-ring (bicyclic) bond motifs is 3. The third-order valence-corrected chi connectivity index (χ3v) is 7.48. The van der Waals surface area contributed by atoms with Crippen molar-refractivity contribution in [2.45, 2.75) is 24.9 Å². The van der Waals surface area contributed by atoms with Gasteiger partial charge in [0.15, 0.2) is 0 Å². The maximum absolute atomic E-state index is 13.9. The zero-order valence-electron chi connectivity index (χ0n) is 18.8. The number of nitrogens with one attached hydrogen (secondary N) is 1. The number of hydrogen-bond acceptors (Lipinski definition) is 6. The number of methoxy groups -OCH3 is 1. The minimum atomic E-state index is -1.54. The molecule has 0 radical (unpaired) electrons. The van der Waals surface area contributed by atoms with Crippen LogP contribution in [0.25, 0.3) is 0 Å². The van der Waals surface area contributed by atoms with E-state index in [2.05, 4.69) is 5.32 Å². The Morgan fingerprint density at radius 1 is 1.09 bits per heavy atom. The molecule has 4 atom stereocenters. The summed E-state index contributed by atoms with van der Waals surface area (Å²) in [4.78, 5) is 56.9. The van der Waals surface area contributed by atoms with Gasteiger partial charge in [-0.25, -0.2) is 4.90 Å². The number of benzene rings is 2. The highest BCUT2D eigenvalue weighted by Crippen LogP contribution is 2.57. The summed E-state index contributed by atoms with van der Waals surface area (Å²) in [5.74, 6) is -3.81. The molecular formula is C25H24ClN3O5. The van der Waals surface area contributed by atoms with Gasteiger partial charge in [0.05, 0.1) is 31.1 Å². The third kappa shape index (κ3) is 3.16. The first-order valence-corrected chi connectivity index (χ1v) is 11.5. The number of anilines is 1. The SMILES string of the molecule is COC(=O)CC12C(=O)NCCN1C(c1ccc(Cl)cc1)C1C(=O)N(c3ccc(C)cc3)C(=O)C12. The van der Waals surface area contributed by atoms with E-state index in [0.29, 0.717) is 23.8 Å². The first-order valence-electron chi connectivity index (χ1n) is 11.1. The van der Waals surface area contributed by atoms with Crippen molar-refractivity contribution in [2.75, 3.05) is 25.1 Å². The lowest BCUT2D eigenvalue weighted by Gasteiger charge is -2.45. The van der Waals surface area contributed by atoms with Crippen LogP contribution in [0.1, 0.15) is 23.6 Å². The number of imide groups is 1. The van der Waals surface area contributed by atoms with Gasteiger partial charge in [-0.15, -0.1) is 0 Å². The Morgan fingerprint density at radius 3 is 2.41 bits per heavy atom. The smallest absolute Gasteiger partial charge is 0.307 e. The lowest BCUT2D eigenvalue weighted by atomic mass is 9.76. The fourth-order valence-corrected chi connectivity index (χ4v) is 5.89. The van der Waals surface area contributed by atoms with E-state index < -0.39 is 41.2 Å². The largest absolute Gasteiger partial charge is 0.469 e. The van der Waals surface area contributed by atoms with Crippen LogP contribution in [0.15, 0.2) is 48.5 Å². The lowest BCUT2D eigenvalue weighted by Crippen LogP contribution is -2.67. The molecule has 3 fully saturated rings. The summed E-state index contributed by atoms with van der Waals surface area (Å²) in [6.45, 7) is 2.64. The van der Waals surface area contributed by atoms with Crippen molar-refractivity contribution in [1.29, 1.82) is 0 Å². The summed E-state index contributed by atoms with van der Waals surface area (Å²) in [6.07, 6.45) is -0.332. The summed E-state index contributed by atoms with van der Waals surface area (Å²) < 4.78 is 4.92. The fraction of sp³-hybridized carbons (Fsp3) is 0.360. The summed E-state index contributed by atoms with van der Waals surface area (Å²) >= 11 is 6.10. The first kappa shape index (κ1) is 22.6. The number of piperazine rings is 1. The van der Waals surface area contributed by atoms with Crippen molar-refractivity contribution < 1.29 is 23.9 Å². The fourth-order valence-electron chi connectivity index (χ4n) is 5.77. The molecule has 176 valence electrons. The van der Waals surface area contributed by atoms with Crippen LogP contribution in [0, 0.1) is 18.8 Å². The highest BCUT2D eigenvalue weighted by atomic mass is 35.5. The monoisotopic (exact) mass is 481 g/mol. The Bertz CT molecular complexity index is 1180. The maximum Gasteiger partial charge on any atom is 0.307 e. The van der Waals surface area contributed by atoms with Crippen molar-refractivity contribution in [3.8, 4) is 0 Å². The van der Waals surface area contributed by atoms with Crippen LogP contribution in [0.2, 0.25) is 5.02 Å². The van der Waals surface area contributed by atoms with Crippen LogP contribution in [-0.4, -0.2) is 54.3 Å². The quantitative estimate of drug-likeness (QED) is 0.531. The second-order valence-electron chi connectivity index (χ2n) is 8.97. The second kappa shape index (κ2) is 8.21. The number of rotatable bonds is 4. The van der Waals surface area contributed by atoms with Crippen LogP contribution >= 0.6 is 11.6 Å². The molecule has 2 aromatic rings. The number of carbonyl (C=O) groups excluding carboxylic acids is 4. The molecule has 3 aliphatic heterocycles. The average Bonchev–Trinajstić information content (AvgIpc) is 3.26. The van der Waals surface area contributed by atoms with Crippen LogP contribution in [0.3, 0.4) is 0 Å². The predicted octanol–water partition coefficient (Wildman–Crippen LogP) is 2.24. The van der Waals surface area contributed by atoms with E-state index in [1.807, 2.05) is 24.0 Å². The van der Waals surface area contributed by atoms with Crippen molar-refractivity contribution >= 4 is 41.0 Å². The van der Waals surface area contributed by atoms with E-state index in [-0.39, 0.29) is 12.3 Å². The highest BCUT2D eigenvalue weighted by molar-refractivity contribution is 6.30. The summed E-state index contributed by atoms with van der Waals surface area (Å²) in [6, 6.07) is 13.5. The molecule has 0 saturated carbocycles. The molecule has 34 heavy (non-hydrogen) atoms. The zero-order chi connectivity index (χ0) is 24.2. The van der Waals surface area contributed by atoms with Gasteiger partial charge in [-0.2, -0.15) is 0 Å². The Labute approximate surface area is 201 Å². The van der Waals surface area contributed by atoms with Gasteiger partial charge in [-0.1, -0.05) is 41.4 Å². The van der Waals surface area contributed by atoms with E-state index in [4.69, 9.17) is 16.3 Å². The van der Waals surface area contributed by atoms with Gasteiger partial charge in [0.1, 0.15) is 5.54 Å². The number of ether oxygens (including phenoxy) is 1. The molecule has 0 spiro atoms. The molecule has 4 unspecified atom stereocenters. The number of halogens is 1. The van der Waals surface area contributed by atoms with Crippen molar-refractivity contribution in [1.82, 2.24) is 10.2 Å². The second-order valence-corrected chi connectivity index (χ2v) is 9.41. The molecule has 9 heteroatoms. The molecule has 8 nitrogen and oxygen atoms in total. The normalized spacial score (nSPS) is 28.5. The van der Waals surface area contributed by atoms with Crippen LogP contribution < -0.4 is 10.2 Å². The molecule has 3 saturated heterocycles. The predicted molar refractivity (Wildman–Crippen MR) is 124 cm³/mol. The minimum absolute atomic E-state index is 0.332. The van der Waals surface area contributed by atoms with E-state index in [9.17, 15) is 19.2 Å². The molecule has 0 bridgehead atoms. The van der Waals surface area contributed by atoms with E-state index in [1.165, 1.54) is 7.11 Å². The van der Waals surface area contributed by atoms with E-state index in [0.717, 1.165) is 16.0 Å². The van der Waals surface area contributed by atoms with Gasteiger partial charge in [0.25, 0.3) is 0 Å². The standard InChI is InChI=1S/C25H24ClN3O5/c1-14-3-9-17(10-4-14)29-22(31)19-20(23(29)32)25(13-18(30)34-2)24(33)27-11-12-28(25)21(19)15-5-7-16(26)8-6-15/h3-10,19-21H,11-13H2,1-2H3,(H,27,33). The lowest BCUT2D eigenvalue weighted by molar-refractivity contribution is -0.154. The average molecular weight is 482 g/mol. The molecule has 1 N–H and O–H groups in total. The molecule has 3 amide bonds. The summed E-state index contributed by atoms with van der Waals surface area (Å²) in [7, 11) is 1.24. The van der Waals surface area contributed by atoms with E-state index in [1.54, 1.807) is 36.4 Å². The maximum atomic E-state index is 13.9. The summed E-state index contributed by atoms with van der Waals surface area (Å²) in [5.41, 5.74) is 0.655. The molecule has 0 aromatic heterocycles. The highest BCUT2D eigenvalue weighted by Gasteiger charge is 2.73. The Balaban J connectivity index is 1.70. The minimum Gasteiger partial charge on any atom is -0.469 e. The van der Waals surface area contributed by atoms with Crippen molar-refractivity contribution in [3.05, 3.63) is 64.7 Å². The van der Waals surface area contributed by atoms with Gasteiger partial charge in [-0.05, 0) is 36.8 Å². The molecule has 2 aromatic carbocycles. The van der Waals surface area contributed by atoms with Crippen molar-refractivity contribution in [2.24, 2.45) is 11.8 Å². The van der Waals surface area contributed by atoms with Crippen molar-refractivity contribution in [3.63, 3.8) is 0 Å². The van der Waals surface area contributed by atoms with Crippen LogP contribution in [0.4, 0.5) is 5.69 Å². The Hall–Kier alpha value is -3.23. The number of hydrogen-bond donors (Lipinski definition) is 1. The number of nitrogens with zero attached hydrogens (tertiary/aromatic N) is 2. The van der Waals surface area contributed by atoms with Gasteiger partial charge < -0.3 is 10.1 Å². The van der Waals surface area contributed by atoms with Crippen LogP contribution in [-0.2, 0) is 23.9 Å². The van der Waals surface area contributed by atoms with E-state index >= 15 is 0 Å². The van der Waals surface area contributed by atoms with Crippen LogP contribution in [0.5, 0.6) is 0 Å². The summed E-state index contributed by atoms with van der Waals surface area (Å²) in [5, 5.41) is 3.36. The van der Waals surface area contributed by atoms with Gasteiger partial charge in [-0.3, -0.25) is 24.1 Å². The Morgan fingerprint density at radius 2 is 1.76 bits per heavy atom. The molecular weight excluding hydrogens is 458 g/mol. The van der Waals surface area contributed by atoms with Gasteiger partial charge in [0, 0.05) is 24.2 Å².